The van der Waals surface area contributed by atoms with Crippen molar-refractivity contribution in [2.75, 3.05) is 0 Å². The van der Waals surface area contributed by atoms with Gasteiger partial charge in [0.1, 0.15) is 29.6 Å². The summed E-state index contributed by atoms with van der Waals surface area (Å²) in [4.78, 5) is 29.0. The zero-order chi connectivity index (χ0) is 21.7. The van der Waals surface area contributed by atoms with Crippen molar-refractivity contribution in [2.24, 2.45) is 0 Å². The SMILES string of the molecule is CC(C)(C)OC(=O)Oc1c(C(=O)Oc2ccccc2)ccc(Cn2cncn2)c1Br. The predicted molar refractivity (Wildman–Crippen MR) is 112 cm³/mol. The van der Waals surface area contributed by atoms with Crippen LogP contribution in [0.3, 0.4) is 0 Å². The van der Waals surface area contributed by atoms with Crippen LogP contribution in [0.25, 0.3) is 0 Å². The van der Waals surface area contributed by atoms with Crippen LogP contribution in [0, 0.1) is 0 Å². The Morgan fingerprint density at radius 3 is 2.43 bits per heavy atom. The molecule has 0 aliphatic carbocycles. The molecule has 30 heavy (non-hydrogen) atoms. The van der Waals surface area contributed by atoms with Gasteiger partial charge in [0.2, 0.25) is 0 Å². The second kappa shape index (κ2) is 9.08. The van der Waals surface area contributed by atoms with Gasteiger partial charge in [0, 0.05) is 0 Å². The lowest BCUT2D eigenvalue weighted by Gasteiger charge is -2.20. The largest absolute Gasteiger partial charge is 0.514 e. The molecular weight excluding hydrogens is 454 g/mol. The number of para-hydroxylation sites is 1. The maximum Gasteiger partial charge on any atom is 0.514 e. The fourth-order valence-corrected chi connectivity index (χ4v) is 3.03. The number of rotatable bonds is 5. The van der Waals surface area contributed by atoms with E-state index in [9.17, 15) is 9.59 Å². The Kier molecular flexibility index (Phi) is 6.51. The van der Waals surface area contributed by atoms with Crippen molar-refractivity contribution in [3.63, 3.8) is 0 Å². The first kappa shape index (κ1) is 21.5. The molecule has 0 amide bonds. The van der Waals surface area contributed by atoms with Crippen LogP contribution in [0.4, 0.5) is 4.79 Å². The maximum atomic E-state index is 12.8. The third kappa shape index (κ3) is 5.66. The second-order valence-corrected chi connectivity index (χ2v) is 8.07. The molecule has 1 aromatic heterocycles. The van der Waals surface area contributed by atoms with Crippen molar-refractivity contribution in [3.05, 3.63) is 70.7 Å². The molecular formula is C21H20BrN3O5. The number of hydrogen-bond acceptors (Lipinski definition) is 7. The van der Waals surface area contributed by atoms with E-state index >= 15 is 0 Å². The van der Waals surface area contributed by atoms with E-state index in [1.165, 1.54) is 12.4 Å². The summed E-state index contributed by atoms with van der Waals surface area (Å²) in [5.74, 6) is -0.302. The zero-order valence-electron chi connectivity index (χ0n) is 16.7. The van der Waals surface area contributed by atoms with E-state index in [-0.39, 0.29) is 11.3 Å². The number of carbonyl (C=O) groups is 2. The standard InChI is InChI=1S/C21H20BrN3O5/c1-21(2,3)30-20(27)29-18-16(19(26)28-15-7-5-4-6-8-15)10-9-14(17(18)22)11-25-13-23-12-24-25/h4-10,12-13H,11H2,1-3H3. The van der Waals surface area contributed by atoms with E-state index in [1.807, 2.05) is 6.07 Å². The Balaban J connectivity index is 1.94. The molecule has 9 heteroatoms. The fraction of sp³-hybridized carbons (Fsp3) is 0.238. The van der Waals surface area contributed by atoms with Crippen LogP contribution in [0.15, 0.2) is 59.6 Å². The summed E-state index contributed by atoms with van der Waals surface area (Å²) in [5, 5.41) is 4.07. The van der Waals surface area contributed by atoms with Crippen molar-refractivity contribution in [3.8, 4) is 11.5 Å². The number of esters is 1. The third-order valence-corrected chi connectivity index (χ3v) is 4.59. The van der Waals surface area contributed by atoms with Crippen LogP contribution >= 0.6 is 15.9 Å². The summed E-state index contributed by atoms with van der Waals surface area (Å²) in [5.41, 5.74) is 0.0290. The maximum absolute atomic E-state index is 12.8. The van der Waals surface area contributed by atoms with Gasteiger partial charge in [-0.25, -0.2) is 19.3 Å². The van der Waals surface area contributed by atoms with Crippen molar-refractivity contribution < 1.29 is 23.8 Å². The van der Waals surface area contributed by atoms with Gasteiger partial charge in [-0.3, -0.25) is 0 Å². The number of benzene rings is 2. The van der Waals surface area contributed by atoms with Gasteiger partial charge in [-0.2, -0.15) is 5.10 Å². The van der Waals surface area contributed by atoms with E-state index in [0.717, 1.165) is 5.56 Å². The average Bonchev–Trinajstić information content (AvgIpc) is 3.17. The first-order valence-corrected chi connectivity index (χ1v) is 9.84. The molecule has 0 saturated carbocycles. The normalized spacial score (nSPS) is 11.1. The van der Waals surface area contributed by atoms with Gasteiger partial charge >= 0.3 is 12.1 Å². The van der Waals surface area contributed by atoms with Crippen LogP contribution < -0.4 is 9.47 Å². The molecule has 3 aromatic rings. The van der Waals surface area contributed by atoms with Crippen LogP contribution in [-0.4, -0.2) is 32.5 Å². The first-order valence-electron chi connectivity index (χ1n) is 9.05. The number of carbonyl (C=O) groups excluding carboxylic acids is 2. The molecule has 0 atom stereocenters. The van der Waals surface area contributed by atoms with Gasteiger partial charge in [0.05, 0.1) is 11.0 Å². The molecule has 0 aliphatic heterocycles. The van der Waals surface area contributed by atoms with E-state index in [0.29, 0.717) is 16.8 Å². The molecule has 3 rings (SSSR count). The average molecular weight is 474 g/mol. The summed E-state index contributed by atoms with van der Waals surface area (Å²) in [6.07, 6.45) is 2.03. The quantitative estimate of drug-likeness (QED) is 0.303. The summed E-state index contributed by atoms with van der Waals surface area (Å²) in [6, 6.07) is 11.9. The van der Waals surface area contributed by atoms with Crippen molar-refractivity contribution in [1.29, 1.82) is 0 Å². The molecule has 0 fully saturated rings. The van der Waals surface area contributed by atoms with Crippen molar-refractivity contribution in [2.45, 2.75) is 32.9 Å². The Labute approximate surface area is 181 Å². The van der Waals surface area contributed by atoms with Gasteiger partial charge < -0.3 is 14.2 Å². The number of halogens is 1. The van der Waals surface area contributed by atoms with Crippen LogP contribution in [-0.2, 0) is 11.3 Å². The molecule has 0 bridgehead atoms. The van der Waals surface area contributed by atoms with Gasteiger partial charge in [0.15, 0.2) is 5.75 Å². The van der Waals surface area contributed by atoms with Crippen LogP contribution in [0.2, 0.25) is 0 Å². The number of aromatic nitrogens is 3. The molecule has 156 valence electrons. The minimum atomic E-state index is -0.935. The molecule has 2 aromatic carbocycles. The molecule has 0 unspecified atom stereocenters. The highest BCUT2D eigenvalue weighted by Crippen LogP contribution is 2.34. The molecule has 0 spiro atoms. The molecule has 1 heterocycles. The Hall–Kier alpha value is -3.20. The van der Waals surface area contributed by atoms with Crippen LogP contribution in [0.5, 0.6) is 11.5 Å². The molecule has 0 aliphatic rings. The van der Waals surface area contributed by atoms with Crippen molar-refractivity contribution in [1.82, 2.24) is 14.8 Å². The lowest BCUT2D eigenvalue weighted by molar-refractivity contribution is 0.0202. The summed E-state index contributed by atoms with van der Waals surface area (Å²) < 4.78 is 18.1. The lowest BCUT2D eigenvalue weighted by Crippen LogP contribution is -2.26. The van der Waals surface area contributed by atoms with E-state index in [4.69, 9.17) is 14.2 Å². The number of ether oxygens (including phenoxy) is 3. The lowest BCUT2D eigenvalue weighted by atomic mass is 10.1. The predicted octanol–water partition coefficient (Wildman–Crippen LogP) is 4.62. The summed E-state index contributed by atoms with van der Waals surface area (Å²) >= 11 is 3.44. The Bertz CT molecular complexity index is 1030. The third-order valence-electron chi connectivity index (χ3n) is 3.72. The smallest absolute Gasteiger partial charge is 0.428 e. The highest BCUT2D eigenvalue weighted by molar-refractivity contribution is 9.10. The van der Waals surface area contributed by atoms with Gasteiger partial charge in [0.25, 0.3) is 0 Å². The van der Waals surface area contributed by atoms with Gasteiger partial charge in [-0.05, 0) is 60.5 Å². The minimum absolute atomic E-state index is 0.00259. The highest BCUT2D eigenvalue weighted by Gasteiger charge is 2.25. The molecule has 0 N–H and O–H groups in total. The zero-order valence-corrected chi connectivity index (χ0v) is 18.3. The summed E-state index contributed by atoms with van der Waals surface area (Å²) in [7, 11) is 0. The fourth-order valence-electron chi connectivity index (χ4n) is 2.47. The van der Waals surface area contributed by atoms with Gasteiger partial charge in [-0.15, -0.1) is 0 Å². The molecule has 8 nitrogen and oxygen atoms in total. The molecule has 0 saturated heterocycles. The van der Waals surface area contributed by atoms with Crippen LogP contribution in [0.1, 0.15) is 36.7 Å². The first-order chi connectivity index (χ1) is 14.2. The van der Waals surface area contributed by atoms with E-state index in [1.54, 1.807) is 62.1 Å². The number of hydrogen-bond donors (Lipinski definition) is 0. The Morgan fingerprint density at radius 1 is 1.07 bits per heavy atom. The monoisotopic (exact) mass is 473 g/mol. The minimum Gasteiger partial charge on any atom is -0.428 e. The van der Waals surface area contributed by atoms with E-state index in [2.05, 4.69) is 26.0 Å². The second-order valence-electron chi connectivity index (χ2n) is 7.28. The number of nitrogens with zero attached hydrogens (tertiary/aromatic N) is 3. The van der Waals surface area contributed by atoms with E-state index < -0.39 is 17.7 Å². The topological polar surface area (TPSA) is 92.5 Å². The summed E-state index contributed by atoms with van der Waals surface area (Å²) in [6.45, 7) is 5.50. The van der Waals surface area contributed by atoms with Crippen molar-refractivity contribution >= 4 is 28.1 Å². The molecule has 0 radical (unpaired) electrons. The highest BCUT2D eigenvalue weighted by atomic mass is 79.9. The van der Waals surface area contributed by atoms with Gasteiger partial charge in [-0.1, -0.05) is 24.3 Å². The Morgan fingerprint density at radius 2 is 1.80 bits per heavy atom.